The standard InChI is InChI=1S/C41H53N5O4/c1-26-15-16-27(2)43-34(26)21-36(49)35-22-41-18-17-32(48)14-10-5-4-9-13-30-19-31(42-24-29-11-7-6-8-12-29)20-33-39(28(3)47)44-45(40(30)33)25-38(50)46(35)37(41)23-41/h15-16,19-20,29,35,37,42H,4-14,17-18,21-25H2,1-3H3/t35-,37+,41-/m0/s1. The first-order chi connectivity index (χ1) is 24.1. The zero-order chi connectivity index (χ0) is 35.0. The first-order valence-electron chi connectivity index (χ1n) is 19.2. The normalized spacial score (nSPS) is 25.0. The van der Waals surface area contributed by atoms with Crippen LogP contribution in [0.4, 0.5) is 5.69 Å². The van der Waals surface area contributed by atoms with E-state index in [0.717, 1.165) is 84.2 Å². The van der Waals surface area contributed by atoms with Crippen LogP contribution in [0.3, 0.4) is 0 Å². The second-order valence-corrected chi connectivity index (χ2v) is 15.9. The number of pyridine rings is 1. The van der Waals surface area contributed by atoms with Crippen molar-refractivity contribution in [1.29, 1.82) is 0 Å². The lowest BCUT2D eigenvalue weighted by Gasteiger charge is -2.27. The molecule has 4 heterocycles. The molecule has 1 saturated heterocycles. The summed E-state index contributed by atoms with van der Waals surface area (Å²) in [6.45, 7) is 6.31. The lowest BCUT2D eigenvalue weighted by molar-refractivity contribution is -0.139. The fraction of sp³-hybridized carbons (Fsp3) is 0.610. The Labute approximate surface area is 296 Å². The zero-order valence-electron chi connectivity index (χ0n) is 30.2. The Morgan fingerprint density at radius 1 is 0.940 bits per heavy atom. The molecule has 266 valence electrons. The van der Waals surface area contributed by atoms with E-state index >= 15 is 0 Å². The summed E-state index contributed by atoms with van der Waals surface area (Å²) in [5, 5.41) is 9.30. The molecule has 2 bridgehead atoms. The van der Waals surface area contributed by atoms with Crippen molar-refractivity contribution in [2.75, 3.05) is 11.9 Å². The van der Waals surface area contributed by atoms with Crippen LogP contribution in [0.25, 0.3) is 10.9 Å². The Balaban J connectivity index is 1.23. The van der Waals surface area contributed by atoms with E-state index in [4.69, 9.17) is 5.10 Å². The Kier molecular flexibility index (Phi) is 9.95. The van der Waals surface area contributed by atoms with E-state index in [-0.39, 0.29) is 47.7 Å². The fourth-order valence-electron chi connectivity index (χ4n) is 9.21. The quantitative estimate of drug-likeness (QED) is 0.261. The number of rotatable bonds is 7. The highest BCUT2D eigenvalue weighted by Gasteiger charge is 2.66. The summed E-state index contributed by atoms with van der Waals surface area (Å²) in [4.78, 5) is 61.1. The number of hydrogen-bond acceptors (Lipinski definition) is 7. The number of anilines is 1. The Morgan fingerprint density at radius 2 is 1.70 bits per heavy atom. The van der Waals surface area contributed by atoms with E-state index in [0.29, 0.717) is 37.3 Å². The first kappa shape index (κ1) is 34.6. The average Bonchev–Trinajstić information content (AvgIpc) is 3.51. The SMILES string of the molecule is CC(=O)c1nn2c3c(cc(NCC4CCCCC4)cc13)CCCCCCC(=O)CC[C@@]13C[C@@H](C(=O)Cc4nc(C)ccc4C)N(C(=O)C2)[C@@H]1C3. The van der Waals surface area contributed by atoms with Gasteiger partial charge in [-0.05, 0) is 106 Å². The maximum atomic E-state index is 14.5. The third kappa shape index (κ3) is 7.15. The maximum absolute atomic E-state index is 14.5. The molecule has 2 saturated carbocycles. The van der Waals surface area contributed by atoms with Crippen LogP contribution in [-0.2, 0) is 33.8 Å². The van der Waals surface area contributed by atoms with Gasteiger partial charge < -0.3 is 10.2 Å². The highest BCUT2D eigenvalue weighted by atomic mass is 16.2. The molecule has 2 aliphatic heterocycles. The number of amides is 1. The van der Waals surface area contributed by atoms with E-state index < -0.39 is 6.04 Å². The maximum Gasteiger partial charge on any atom is 0.245 e. The van der Waals surface area contributed by atoms with Crippen molar-refractivity contribution in [2.24, 2.45) is 11.3 Å². The highest BCUT2D eigenvalue weighted by Crippen LogP contribution is 2.62. The van der Waals surface area contributed by atoms with Crippen LogP contribution in [0.5, 0.6) is 0 Å². The molecule has 3 fully saturated rings. The molecule has 3 aromatic rings. The summed E-state index contributed by atoms with van der Waals surface area (Å²) < 4.78 is 1.74. The number of carbonyl (C=O) groups excluding carboxylic acids is 4. The molecule has 1 aromatic carbocycles. The molecule has 7 rings (SSSR count). The number of nitrogens with one attached hydrogen (secondary N) is 1. The van der Waals surface area contributed by atoms with Gasteiger partial charge in [-0.25, -0.2) is 0 Å². The number of nitrogens with zero attached hydrogens (tertiary/aromatic N) is 4. The second-order valence-electron chi connectivity index (χ2n) is 15.9. The molecule has 4 aliphatic rings. The van der Waals surface area contributed by atoms with Crippen LogP contribution >= 0.6 is 0 Å². The number of hydrogen-bond donors (Lipinski definition) is 1. The molecule has 1 N–H and O–H groups in total. The van der Waals surface area contributed by atoms with Gasteiger partial charge in [0.1, 0.15) is 18.0 Å². The summed E-state index contributed by atoms with van der Waals surface area (Å²) in [6, 6.07) is 7.55. The number of ketones is 3. The molecule has 3 atom stereocenters. The molecule has 2 aromatic heterocycles. The van der Waals surface area contributed by atoms with E-state index in [1.807, 2.05) is 36.9 Å². The summed E-state index contributed by atoms with van der Waals surface area (Å²) >= 11 is 0. The number of piperidine rings is 1. The van der Waals surface area contributed by atoms with Gasteiger partial charge in [0.05, 0.1) is 23.7 Å². The molecule has 0 unspecified atom stereocenters. The number of Topliss-reactive ketones (excluding diaryl/α,β-unsaturated/α-hetero) is 3. The fourth-order valence-corrected chi connectivity index (χ4v) is 9.21. The number of benzene rings is 1. The molecule has 9 heteroatoms. The van der Waals surface area contributed by atoms with Crippen LogP contribution in [0, 0.1) is 25.2 Å². The lowest BCUT2D eigenvalue weighted by atomic mass is 9.89. The van der Waals surface area contributed by atoms with Crippen molar-refractivity contribution in [1.82, 2.24) is 19.7 Å². The van der Waals surface area contributed by atoms with Crippen molar-refractivity contribution in [2.45, 2.75) is 142 Å². The van der Waals surface area contributed by atoms with Crippen molar-refractivity contribution in [3.8, 4) is 0 Å². The lowest BCUT2D eigenvalue weighted by Crippen LogP contribution is -2.45. The minimum atomic E-state index is -0.568. The van der Waals surface area contributed by atoms with Gasteiger partial charge in [0, 0.05) is 49.1 Å². The van der Waals surface area contributed by atoms with E-state index in [1.165, 1.54) is 32.1 Å². The van der Waals surface area contributed by atoms with Gasteiger partial charge in [0.15, 0.2) is 11.6 Å². The summed E-state index contributed by atoms with van der Waals surface area (Å²) in [5.74, 6) is 0.659. The smallest absolute Gasteiger partial charge is 0.245 e. The number of aromatic nitrogens is 3. The van der Waals surface area contributed by atoms with Crippen LogP contribution in [-0.4, -0.2) is 61.5 Å². The largest absolute Gasteiger partial charge is 0.385 e. The monoisotopic (exact) mass is 679 g/mol. The van der Waals surface area contributed by atoms with Gasteiger partial charge >= 0.3 is 0 Å². The topological polar surface area (TPSA) is 114 Å². The van der Waals surface area contributed by atoms with Crippen LogP contribution < -0.4 is 5.32 Å². The Hall–Kier alpha value is -3.88. The van der Waals surface area contributed by atoms with Gasteiger partial charge in [-0.3, -0.25) is 28.8 Å². The van der Waals surface area contributed by atoms with Gasteiger partial charge in [-0.2, -0.15) is 5.10 Å². The Morgan fingerprint density at radius 3 is 2.48 bits per heavy atom. The van der Waals surface area contributed by atoms with Crippen molar-refractivity contribution in [3.05, 3.63) is 52.5 Å². The minimum Gasteiger partial charge on any atom is -0.385 e. The van der Waals surface area contributed by atoms with Gasteiger partial charge in [0.25, 0.3) is 0 Å². The van der Waals surface area contributed by atoms with Crippen molar-refractivity contribution < 1.29 is 19.2 Å². The molecule has 9 nitrogen and oxygen atoms in total. The number of aryl methyl sites for hydroxylation is 3. The Bertz CT molecular complexity index is 1810. The van der Waals surface area contributed by atoms with Crippen LogP contribution in [0.15, 0.2) is 24.3 Å². The molecular formula is C41H53N5O4. The van der Waals surface area contributed by atoms with E-state index in [1.54, 1.807) is 11.6 Å². The molecular weight excluding hydrogens is 626 g/mol. The zero-order valence-corrected chi connectivity index (χ0v) is 30.2. The van der Waals surface area contributed by atoms with E-state index in [2.05, 4.69) is 16.4 Å². The summed E-state index contributed by atoms with van der Waals surface area (Å²) in [7, 11) is 0. The van der Waals surface area contributed by atoms with E-state index in [9.17, 15) is 19.2 Å². The average molecular weight is 680 g/mol. The molecule has 0 radical (unpaired) electrons. The van der Waals surface area contributed by atoms with Crippen molar-refractivity contribution in [3.63, 3.8) is 0 Å². The second kappa shape index (κ2) is 14.4. The first-order valence-corrected chi connectivity index (χ1v) is 19.2. The molecule has 50 heavy (non-hydrogen) atoms. The van der Waals surface area contributed by atoms with Crippen LogP contribution in [0.2, 0.25) is 0 Å². The molecule has 0 spiro atoms. The van der Waals surface area contributed by atoms with Crippen molar-refractivity contribution >= 4 is 39.8 Å². The van der Waals surface area contributed by atoms with Crippen LogP contribution in [0.1, 0.15) is 130 Å². The summed E-state index contributed by atoms with van der Waals surface area (Å²) in [6.07, 6.45) is 14.4. The summed E-state index contributed by atoms with van der Waals surface area (Å²) in [5.41, 5.74) is 5.69. The van der Waals surface area contributed by atoms with Gasteiger partial charge in [-0.1, -0.05) is 38.2 Å². The molecule has 1 amide bonds. The predicted molar refractivity (Wildman–Crippen MR) is 194 cm³/mol. The third-order valence-corrected chi connectivity index (χ3v) is 12.2. The predicted octanol–water partition coefficient (Wildman–Crippen LogP) is 7.27. The molecule has 2 aliphatic carbocycles. The van der Waals surface area contributed by atoms with Gasteiger partial charge in [0.2, 0.25) is 5.91 Å². The highest BCUT2D eigenvalue weighted by molar-refractivity contribution is 6.07. The minimum absolute atomic E-state index is 0.00373. The third-order valence-electron chi connectivity index (χ3n) is 12.2. The number of carbonyl (C=O) groups is 4. The van der Waals surface area contributed by atoms with Gasteiger partial charge in [-0.15, -0.1) is 0 Å².